The van der Waals surface area contributed by atoms with Crippen molar-refractivity contribution in [3.05, 3.63) is 0 Å². The van der Waals surface area contributed by atoms with E-state index in [2.05, 4.69) is 11.9 Å². The number of hydrogen-bond donors (Lipinski definition) is 2. The Kier molecular flexibility index (Phi) is 5.59. The minimum absolute atomic E-state index is 0.478. The zero-order valence-electron chi connectivity index (χ0n) is 8.42. The average molecular weight is 228 g/mol. The molecule has 0 spiro atoms. The van der Waals surface area contributed by atoms with Crippen LogP contribution in [-0.2, 0) is 4.79 Å². The van der Waals surface area contributed by atoms with E-state index in [0.717, 1.165) is 0 Å². The molecule has 90 valence electrons. The number of carbonyl (C=O) groups is 1. The van der Waals surface area contributed by atoms with Crippen LogP contribution in [-0.4, -0.2) is 48.3 Å². The van der Waals surface area contributed by atoms with Gasteiger partial charge in [0.25, 0.3) is 0 Å². The molecule has 0 saturated carbocycles. The van der Waals surface area contributed by atoms with Crippen LogP contribution < -0.4 is 5.73 Å². The topological polar surface area (TPSA) is 66.6 Å². The van der Waals surface area contributed by atoms with E-state index in [-0.39, 0.29) is 0 Å². The number of alkyl halides is 3. The van der Waals surface area contributed by atoms with E-state index in [9.17, 15) is 13.2 Å². The summed E-state index contributed by atoms with van der Waals surface area (Å²) in [5.41, 5.74) is 5.67. The minimum atomic E-state index is -5.08. The second kappa shape index (κ2) is 5.92. The molecular formula is C8H15F3N2O2. The third kappa shape index (κ3) is 7.15. The standard InChI is InChI=1S/C6H14N2.C2HF3O2/c1-8-4-2-6(7)3-5-8;3-2(4,5)1(6)7/h6H,2-5,7H2,1H3;(H,6,7). The number of nitrogens with zero attached hydrogens (tertiary/aromatic N) is 1. The molecule has 1 heterocycles. The largest absolute Gasteiger partial charge is 0.490 e. The fourth-order valence-electron chi connectivity index (χ4n) is 1.03. The summed E-state index contributed by atoms with van der Waals surface area (Å²) in [4.78, 5) is 11.2. The van der Waals surface area contributed by atoms with Crippen molar-refractivity contribution < 1.29 is 23.1 Å². The second-order valence-electron chi connectivity index (χ2n) is 3.44. The van der Waals surface area contributed by atoms with Gasteiger partial charge in [0.2, 0.25) is 0 Å². The first-order chi connectivity index (χ1) is 6.73. The number of hydrogen-bond acceptors (Lipinski definition) is 3. The maximum Gasteiger partial charge on any atom is 0.490 e. The summed E-state index contributed by atoms with van der Waals surface area (Å²) in [6.45, 7) is 2.36. The van der Waals surface area contributed by atoms with Gasteiger partial charge in [0, 0.05) is 6.04 Å². The number of carboxylic acids is 1. The van der Waals surface area contributed by atoms with Crippen molar-refractivity contribution in [1.29, 1.82) is 0 Å². The van der Waals surface area contributed by atoms with Gasteiger partial charge in [-0.05, 0) is 33.0 Å². The lowest BCUT2D eigenvalue weighted by Gasteiger charge is -2.25. The van der Waals surface area contributed by atoms with Gasteiger partial charge in [0.15, 0.2) is 0 Å². The maximum atomic E-state index is 10.6. The Morgan fingerprint density at radius 1 is 1.40 bits per heavy atom. The van der Waals surface area contributed by atoms with Crippen LogP contribution in [0.5, 0.6) is 0 Å². The highest BCUT2D eigenvalue weighted by Crippen LogP contribution is 2.13. The fraction of sp³-hybridized carbons (Fsp3) is 0.875. The van der Waals surface area contributed by atoms with Gasteiger partial charge in [-0.3, -0.25) is 0 Å². The van der Waals surface area contributed by atoms with Crippen molar-refractivity contribution in [1.82, 2.24) is 4.90 Å². The molecule has 0 aromatic rings. The molecule has 1 aliphatic heterocycles. The number of rotatable bonds is 0. The zero-order valence-corrected chi connectivity index (χ0v) is 8.42. The highest BCUT2D eigenvalue weighted by molar-refractivity contribution is 5.73. The van der Waals surface area contributed by atoms with Crippen molar-refractivity contribution in [3.8, 4) is 0 Å². The molecule has 7 heteroatoms. The van der Waals surface area contributed by atoms with Crippen LogP contribution in [0.25, 0.3) is 0 Å². The molecule has 1 fully saturated rings. The summed E-state index contributed by atoms with van der Waals surface area (Å²) in [6, 6.07) is 0.478. The summed E-state index contributed by atoms with van der Waals surface area (Å²) >= 11 is 0. The van der Waals surface area contributed by atoms with Gasteiger partial charge in [-0.15, -0.1) is 0 Å². The van der Waals surface area contributed by atoms with Crippen molar-refractivity contribution in [3.63, 3.8) is 0 Å². The van der Waals surface area contributed by atoms with Crippen LogP contribution >= 0.6 is 0 Å². The number of carboxylic acid groups (broad SMARTS) is 1. The van der Waals surface area contributed by atoms with Crippen LogP contribution in [0.3, 0.4) is 0 Å². The third-order valence-electron chi connectivity index (χ3n) is 2.01. The molecule has 15 heavy (non-hydrogen) atoms. The SMILES string of the molecule is CN1CCC(N)CC1.O=C(O)C(F)(F)F. The molecule has 0 radical (unpaired) electrons. The van der Waals surface area contributed by atoms with Gasteiger partial charge in [-0.2, -0.15) is 13.2 Å². The van der Waals surface area contributed by atoms with Crippen molar-refractivity contribution in [2.24, 2.45) is 5.73 Å². The molecule has 0 amide bonds. The molecule has 1 aliphatic rings. The number of piperidine rings is 1. The fourth-order valence-corrected chi connectivity index (χ4v) is 1.03. The summed E-state index contributed by atoms with van der Waals surface area (Å²) < 4.78 is 31.7. The van der Waals surface area contributed by atoms with Gasteiger partial charge in [0.05, 0.1) is 0 Å². The summed E-state index contributed by atoms with van der Waals surface area (Å²) in [5, 5.41) is 7.12. The quantitative estimate of drug-likeness (QED) is 0.639. The van der Waals surface area contributed by atoms with Crippen molar-refractivity contribution in [2.75, 3.05) is 20.1 Å². The first-order valence-electron chi connectivity index (χ1n) is 4.47. The molecule has 0 aromatic heterocycles. The first kappa shape index (κ1) is 14.2. The van der Waals surface area contributed by atoms with Crippen molar-refractivity contribution in [2.45, 2.75) is 25.1 Å². The molecule has 0 aliphatic carbocycles. The van der Waals surface area contributed by atoms with E-state index in [1.807, 2.05) is 0 Å². The summed E-state index contributed by atoms with van der Waals surface area (Å²) in [6.07, 6.45) is -2.73. The number of nitrogens with two attached hydrogens (primary N) is 1. The Labute approximate surface area is 85.8 Å². The van der Waals surface area contributed by atoms with Gasteiger partial charge in [-0.25, -0.2) is 4.79 Å². The molecule has 1 saturated heterocycles. The van der Waals surface area contributed by atoms with Gasteiger partial charge < -0.3 is 15.7 Å². The van der Waals surface area contributed by atoms with Gasteiger partial charge >= 0.3 is 12.1 Å². The minimum Gasteiger partial charge on any atom is -0.475 e. The summed E-state index contributed by atoms with van der Waals surface area (Å²) in [7, 11) is 2.14. The van der Waals surface area contributed by atoms with Crippen LogP contribution in [0.2, 0.25) is 0 Å². The lowest BCUT2D eigenvalue weighted by Crippen LogP contribution is -2.37. The van der Waals surface area contributed by atoms with E-state index < -0.39 is 12.1 Å². The Bertz CT molecular complexity index is 191. The molecule has 0 unspecified atom stereocenters. The summed E-state index contributed by atoms with van der Waals surface area (Å²) in [5.74, 6) is -2.76. The smallest absolute Gasteiger partial charge is 0.475 e. The average Bonchev–Trinajstić information content (AvgIpc) is 2.09. The number of halogens is 3. The van der Waals surface area contributed by atoms with Crippen molar-refractivity contribution >= 4 is 5.97 Å². The monoisotopic (exact) mass is 228 g/mol. The lowest BCUT2D eigenvalue weighted by atomic mass is 10.1. The van der Waals surface area contributed by atoms with Crippen LogP contribution in [0.15, 0.2) is 0 Å². The Morgan fingerprint density at radius 3 is 1.93 bits per heavy atom. The Balaban J connectivity index is 0.000000265. The predicted octanol–water partition coefficient (Wildman–Crippen LogP) is 0.673. The maximum absolute atomic E-state index is 10.6. The predicted molar refractivity (Wildman–Crippen MR) is 48.4 cm³/mol. The highest BCUT2D eigenvalue weighted by Gasteiger charge is 2.38. The first-order valence-corrected chi connectivity index (χ1v) is 4.47. The molecule has 4 nitrogen and oxygen atoms in total. The Hall–Kier alpha value is -0.820. The Morgan fingerprint density at radius 2 is 1.73 bits per heavy atom. The van der Waals surface area contributed by atoms with E-state index >= 15 is 0 Å². The van der Waals surface area contributed by atoms with E-state index in [1.165, 1.54) is 25.9 Å². The number of likely N-dealkylation sites (tertiary alicyclic amines) is 1. The van der Waals surface area contributed by atoms with Crippen LogP contribution in [0.1, 0.15) is 12.8 Å². The number of aliphatic carboxylic acids is 1. The highest BCUT2D eigenvalue weighted by atomic mass is 19.4. The lowest BCUT2D eigenvalue weighted by molar-refractivity contribution is -0.192. The molecule has 0 atom stereocenters. The van der Waals surface area contributed by atoms with E-state index in [0.29, 0.717) is 6.04 Å². The molecule has 0 bridgehead atoms. The molecule has 0 aromatic carbocycles. The molecule has 1 rings (SSSR count). The zero-order chi connectivity index (χ0) is 12.1. The van der Waals surface area contributed by atoms with Gasteiger partial charge in [0.1, 0.15) is 0 Å². The van der Waals surface area contributed by atoms with Crippen LogP contribution in [0, 0.1) is 0 Å². The van der Waals surface area contributed by atoms with Crippen LogP contribution in [0.4, 0.5) is 13.2 Å². The van der Waals surface area contributed by atoms with E-state index in [4.69, 9.17) is 15.6 Å². The normalized spacial score (nSPS) is 19.3. The van der Waals surface area contributed by atoms with Gasteiger partial charge in [-0.1, -0.05) is 0 Å². The van der Waals surface area contributed by atoms with E-state index in [1.54, 1.807) is 0 Å². The molecular weight excluding hydrogens is 213 g/mol. The molecule has 3 N–H and O–H groups in total. The third-order valence-corrected chi connectivity index (χ3v) is 2.01. The second-order valence-corrected chi connectivity index (χ2v) is 3.44.